The molecule has 0 atom stereocenters. The molecule has 8 heteroatoms. The molecule has 1 aromatic heterocycles. The molecule has 0 unspecified atom stereocenters. The van der Waals surface area contributed by atoms with E-state index in [-0.39, 0.29) is 17.1 Å². The van der Waals surface area contributed by atoms with Crippen LogP contribution in [-0.4, -0.2) is 27.0 Å². The van der Waals surface area contributed by atoms with Crippen LogP contribution in [0.2, 0.25) is 0 Å². The number of benzene rings is 1. The first-order valence-corrected chi connectivity index (χ1v) is 6.33. The second-order valence-corrected chi connectivity index (χ2v) is 4.37. The number of nitrogens with one attached hydrogen (secondary N) is 2. The quantitative estimate of drug-likeness (QED) is 0.769. The van der Waals surface area contributed by atoms with E-state index in [0.29, 0.717) is 12.2 Å². The van der Waals surface area contributed by atoms with Gasteiger partial charge in [-0.3, -0.25) is 14.7 Å². The van der Waals surface area contributed by atoms with Gasteiger partial charge in [0, 0.05) is 12.1 Å². The van der Waals surface area contributed by atoms with Crippen molar-refractivity contribution in [1.29, 1.82) is 0 Å². The first-order chi connectivity index (χ1) is 10.0. The fourth-order valence-electron chi connectivity index (χ4n) is 1.72. The summed E-state index contributed by atoms with van der Waals surface area (Å²) in [6.07, 6.45) is 1.55. The van der Waals surface area contributed by atoms with Crippen LogP contribution in [0, 0.1) is 5.82 Å². The molecule has 0 fully saturated rings. The number of H-pyrrole nitrogens is 1. The molecule has 2 aromatic rings. The number of halogens is 1. The van der Waals surface area contributed by atoms with Crippen molar-refractivity contribution >= 4 is 17.5 Å². The summed E-state index contributed by atoms with van der Waals surface area (Å²) in [5, 5.41) is 8.93. The van der Waals surface area contributed by atoms with Gasteiger partial charge < -0.3 is 11.1 Å². The Balaban J connectivity index is 2.15. The summed E-state index contributed by atoms with van der Waals surface area (Å²) in [4.78, 5) is 27.0. The summed E-state index contributed by atoms with van der Waals surface area (Å²) in [5.74, 6) is -1.63. The Morgan fingerprint density at radius 2 is 2.19 bits per heavy atom. The number of nitrogens with zero attached hydrogens (tertiary/aromatic N) is 2. The van der Waals surface area contributed by atoms with Gasteiger partial charge in [-0.25, -0.2) is 9.37 Å². The lowest BCUT2D eigenvalue weighted by Crippen LogP contribution is -2.16. The standard InChI is InChI=1S/C13H14FN5O2/c1-2-3-10-17-12(19-18-10)13(21)16-7-4-5-9(14)8(6-7)11(15)20/h4-6H,2-3H2,1H3,(H2,15,20)(H,16,21)(H,17,18,19). The van der Waals surface area contributed by atoms with Gasteiger partial charge in [-0.05, 0) is 24.6 Å². The van der Waals surface area contributed by atoms with Crippen molar-refractivity contribution in [3.8, 4) is 0 Å². The van der Waals surface area contributed by atoms with Crippen LogP contribution in [0.15, 0.2) is 18.2 Å². The normalized spacial score (nSPS) is 10.4. The Morgan fingerprint density at radius 1 is 1.43 bits per heavy atom. The zero-order valence-electron chi connectivity index (χ0n) is 11.3. The number of hydrogen-bond donors (Lipinski definition) is 3. The number of aromatic amines is 1. The number of rotatable bonds is 5. The van der Waals surface area contributed by atoms with E-state index < -0.39 is 17.6 Å². The van der Waals surface area contributed by atoms with Crippen molar-refractivity contribution in [3.05, 3.63) is 41.2 Å². The average Bonchev–Trinajstić information content (AvgIpc) is 2.90. The Labute approximate surface area is 119 Å². The third kappa shape index (κ3) is 3.41. The van der Waals surface area contributed by atoms with Gasteiger partial charge in [0.2, 0.25) is 5.82 Å². The molecule has 0 saturated heterocycles. The average molecular weight is 291 g/mol. The van der Waals surface area contributed by atoms with Gasteiger partial charge in [0.05, 0.1) is 5.56 Å². The Bertz CT molecular complexity index is 683. The lowest BCUT2D eigenvalue weighted by Gasteiger charge is -2.05. The predicted molar refractivity (Wildman–Crippen MR) is 73.2 cm³/mol. The van der Waals surface area contributed by atoms with E-state index in [1.165, 1.54) is 6.07 Å². The second-order valence-electron chi connectivity index (χ2n) is 4.37. The molecule has 0 aliphatic rings. The van der Waals surface area contributed by atoms with Crippen molar-refractivity contribution < 1.29 is 14.0 Å². The maximum absolute atomic E-state index is 13.3. The van der Waals surface area contributed by atoms with Crippen molar-refractivity contribution in [2.24, 2.45) is 5.73 Å². The van der Waals surface area contributed by atoms with Crippen LogP contribution in [0.1, 0.15) is 40.1 Å². The van der Waals surface area contributed by atoms with Crippen molar-refractivity contribution in [3.63, 3.8) is 0 Å². The maximum Gasteiger partial charge on any atom is 0.295 e. The molecule has 21 heavy (non-hydrogen) atoms. The number of carbonyl (C=O) groups is 2. The molecule has 2 rings (SSSR count). The minimum atomic E-state index is -0.910. The van der Waals surface area contributed by atoms with Gasteiger partial charge in [-0.1, -0.05) is 6.92 Å². The number of nitrogens with two attached hydrogens (primary N) is 1. The zero-order chi connectivity index (χ0) is 15.4. The van der Waals surface area contributed by atoms with Crippen molar-refractivity contribution in [2.45, 2.75) is 19.8 Å². The largest absolute Gasteiger partial charge is 0.366 e. The van der Waals surface area contributed by atoms with Crippen LogP contribution in [0.3, 0.4) is 0 Å². The van der Waals surface area contributed by atoms with E-state index in [1.807, 2.05) is 6.92 Å². The lowest BCUT2D eigenvalue weighted by molar-refractivity contribution is 0.0991. The fourth-order valence-corrected chi connectivity index (χ4v) is 1.72. The molecule has 7 nitrogen and oxygen atoms in total. The minimum absolute atomic E-state index is 0.0246. The molecular weight excluding hydrogens is 277 g/mol. The van der Waals surface area contributed by atoms with Crippen molar-refractivity contribution in [1.82, 2.24) is 15.2 Å². The molecule has 0 aliphatic carbocycles. The second kappa shape index (κ2) is 6.12. The molecule has 0 bridgehead atoms. The van der Waals surface area contributed by atoms with Gasteiger partial charge in [0.1, 0.15) is 11.6 Å². The summed E-state index contributed by atoms with van der Waals surface area (Å²) >= 11 is 0. The molecule has 0 radical (unpaired) electrons. The molecule has 110 valence electrons. The highest BCUT2D eigenvalue weighted by Gasteiger charge is 2.14. The molecule has 1 heterocycles. The number of hydrogen-bond acceptors (Lipinski definition) is 4. The van der Waals surface area contributed by atoms with E-state index in [1.54, 1.807) is 0 Å². The first kappa shape index (κ1) is 14.6. The van der Waals surface area contributed by atoms with E-state index in [0.717, 1.165) is 18.6 Å². The number of anilines is 1. The molecule has 0 spiro atoms. The summed E-state index contributed by atoms with van der Waals surface area (Å²) in [7, 11) is 0. The molecule has 1 aromatic carbocycles. The lowest BCUT2D eigenvalue weighted by atomic mass is 10.2. The number of aryl methyl sites for hydroxylation is 1. The van der Waals surface area contributed by atoms with Gasteiger partial charge in [0.25, 0.3) is 11.8 Å². The number of carbonyl (C=O) groups excluding carboxylic acids is 2. The molecule has 0 aliphatic heterocycles. The van der Waals surface area contributed by atoms with E-state index in [2.05, 4.69) is 20.5 Å². The van der Waals surface area contributed by atoms with E-state index in [4.69, 9.17) is 5.73 Å². The molecule has 2 amide bonds. The van der Waals surface area contributed by atoms with Gasteiger partial charge in [-0.2, -0.15) is 0 Å². The highest BCUT2D eigenvalue weighted by atomic mass is 19.1. The zero-order valence-corrected chi connectivity index (χ0v) is 11.3. The van der Waals surface area contributed by atoms with Crippen LogP contribution < -0.4 is 11.1 Å². The van der Waals surface area contributed by atoms with E-state index in [9.17, 15) is 14.0 Å². The van der Waals surface area contributed by atoms with Gasteiger partial charge in [-0.15, -0.1) is 5.10 Å². The minimum Gasteiger partial charge on any atom is -0.366 e. The van der Waals surface area contributed by atoms with E-state index >= 15 is 0 Å². The number of primary amides is 1. The van der Waals surface area contributed by atoms with Crippen LogP contribution in [0.4, 0.5) is 10.1 Å². The van der Waals surface area contributed by atoms with Crippen LogP contribution in [0.25, 0.3) is 0 Å². The SMILES string of the molecule is CCCc1nc(C(=O)Nc2ccc(F)c(C(N)=O)c2)n[nH]1. The van der Waals surface area contributed by atoms with Crippen molar-refractivity contribution in [2.75, 3.05) is 5.32 Å². The summed E-state index contributed by atoms with van der Waals surface area (Å²) < 4.78 is 13.3. The fraction of sp³-hybridized carbons (Fsp3) is 0.231. The molecule has 0 saturated carbocycles. The topological polar surface area (TPSA) is 114 Å². The summed E-state index contributed by atoms with van der Waals surface area (Å²) in [6.45, 7) is 1.98. The highest BCUT2D eigenvalue weighted by Crippen LogP contribution is 2.15. The van der Waals surface area contributed by atoms with Crippen LogP contribution in [0.5, 0.6) is 0 Å². The first-order valence-electron chi connectivity index (χ1n) is 6.33. The van der Waals surface area contributed by atoms with Gasteiger partial charge >= 0.3 is 0 Å². The molecular formula is C13H14FN5O2. The highest BCUT2D eigenvalue weighted by molar-refractivity contribution is 6.02. The Morgan fingerprint density at radius 3 is 2.86 bits per heavy atom. The maximum atomic E-state index is 13.3. The third-order valence-corrected chi connectivity index (χ3v) is 2.71. The smallest absolute Gasteiger partial charge is 0.295 e. The van der Waals surface area contributed by atoms with Gasteiger partial charge in [0.15, 0.2) is 0 Å². The molecule has 4 N–H and O–H groups in total. The predicted octanol–water partition coefficient (Wildman–Crippen LogP) is 1.25. The Kier molecular flexibility index (Phi) is 4.27. The third-order valence-electron chi connectivity index (χ3n) is 2.71. The summed E-state index contributed by atoms with van der Waals surface area (Å²) in [5.41, 5.74) is 4.98. The summed E-state index contributed by atoms with van der Waals surface area (Å²) in [6, 6.07) is 3.53. The van der Waals surface area contributed by atoms with Crippen LogP contribution in [-0.2, 0) is 6.42 Å². The monoisotopic (exact) mass is 291 g/mol. The number of aromatic nitrogens is 3. The number of amides is 2. The van der Waals surface area contributed by atoms with Crippen LogP contribution >= 0.6 is 0 Å². The Hall–Kier alpha value is -2.77.